The van der Waals surface area contributed by atoms with Gasteiger partial charge in [0.15, 0.2) is 5.16 Å². The number of hydrogen-bond donors (Lipinski definition) is 1. The molecular formula is C25H23N5O2S2. The van der Waals surface area contributed by atoms with Crippen LogP contribution in [0.15, 0.2) is 69.9 Å². The maximum Gasteiger partial charge on any atom is 0.267 e. The van der Waals surface area contributed by atoms with Gasteiger partial charge in [-0.05, 0) is 61.5 Å². The van der Waals surface area contributed by atoms with E-state index in [1.165, 1.54) is 11.8 Å². The summed E-state index contributed by atoms with van der Waals surface area (Å²) in [5, 5.41) is 14.9. The highest BCUT2D eigenvalue weighted by molar-refractivity contribution is 7.99. The van der Waals surface area contributed by atoms with Crippen molar-refractivity contribution in [2.24, 2.45) is 0 Å². The smallest absolute Gasteiger partial charge is 0.267 e. The fourth-order valence-corrected chi connectivity index (χ4v) is 5.47. The van der Waals surface area contributed by atoms with Gasteiger partial charge in [0.05, 0.1) is 28.4 Å². The average molecular weight is 490 g/mol. The second kappa shape index (κ2) is 9.08. The Kier molecular flexibility index (Phi) is 5.97. The van der Waals surface area contributed by atoms with Crippen molar-refractivity contribution in [3.8, 4) is 5.69 Å². The number of fused-ring (bicyclic) bond motifs is 3. The Morgan fingerprint density at radius 2 is 1.91 bits per heavy atom. The minimum Gasteiger partial charge on any atom is -0.348 e. The van der Waals surface area contributed by atoms with Crippen LogP contribution in [0.2, 0.25) is 0 Å². The number of aromatic nitrogens is 4. The van der Waals surface area contributed by atoms with Gasteiger partial charge in [-0.3, -0.25) is 14.0 Å². The molecular weight excluding hydrogens is 466 g/mol. The number of benzene rings is 2. The van der Waals surface area contributed by atoms with E-state index in [0.717, 1.165) is 21.7 Å². The molecule has 0 aliphatic carbocycles. The third kappa shape index (κ3) is 3.91. The van der Waals surface area contributed by atoms with E-state index in [-0.39, 0.29) is 23.3 Å². The zero-order valence-electron chi connectivity index (χ0n) is 19.0. The zero-order chi connectivity index (χ0) is 23.8. The molecule has 5 aromatic rings. The summed E-state index contributed by atoms with van der Waals surface area (Å²) in [4.78, 5) is 27.3. The molecule has 3 heterocycles. The van der Waals surface area contributed by atoms with Crippen LogP contribution in [-0.2, 0) is 4.79 Å². The molecule has 1 atom stereocenters. The van der Waals surface area contributed by atoms with Gasteiger partial charge in [-0.1, -0.05) is 42.1 Å². The Labute approximate surface area is 204 Å². The number of nitrogens with one attached hydrogen (secondary N) is 1. The topological polar surface area (TPSA) is 81.3 Å². The van der Waals surface area contributed by atoms with Crippen LogP contribution >= 0.6 is 23.1 Å². The van der Waals surface area contributed by atoms with Crippen LogP contribution in [0.3, 0.4) is 0 Å². The van der Waals surface area contributed by atoms with E-state index in [4.69, 9.17) is 0 Å². The normalized spacial score (nSPS) is 12.3. The molecule has 0 saturated heterocycles. The molecule has 1 N–H and O–H groups in total. The highest BCUT2D eigenvalue weighted by atomic mass is 32.2. The van der Waals surface area contributed by atoms with E-state index >= 15 is 0 Å². The monoisotopic (exact) mass is 489 g/mol. The van der Waals surface area contributed by atoms with Crippen LogP contribution in [0.25, 0.3) is 22.4 Å². The first-order chi connectivity index (χ1) is 16.5. The molecule has 9 heteroatoms. The second-order valence-electron chi connectivity index (χ2n) is 8.09. The van der Waals surface area contributed by atoms with E-state index in [1.807, 2.05) is 85.1 Å². The lowest BCUT2D eigenvalue weighted by Crippen LogP contribution is -2.27. The second-order valence-corrected chi connectivity index (χ2v) is 10.0. The minimum absolute atomic E-state index is 0.0569. The van der Waals surface area contributed by atoms with Gasteiger partial charge in [-0.15, -0.1) is 21.5 Å². The molecule has 34 heavy (non-hydrogen) atoms. The summed E-state index contributed by atoms with van der Waals surface area (Å²) in [6.45, 7) is 5.98. The molecule has 3 aromatic heterocycles. The van der Waals surface area contributed by atoms with E-state index in [9.17, 15) is 9.59 Å². The molecule has 1 amide bonds. The number of thioether (sulfide) groups is 1. The highest BCUT2D eigenvalue weighted by Gasteiger charge is 2.20. The molecule has 0 spiro atoms. The number of thiophene rings is 1. The van der Waals surface area contributed by atoms with Crippen molar-refractivity contribution in [1.29, 1.82) is 0 Å². The van der Waals surface area contributed by atoms with Crippen LogP contribution in [0.5, 0.6) is 0 Å². The van der Waals surface area contributed by atoms with Crippen molar-refractivity contribution in [3.05, 3.63) is 86.3 Å². The summed E-state index contributed by atoms with van der Waals surface area (Å²) in [7, 11) is 0. The van der Waals surface area contributed by atoms with Gasteiger partial charge in [0, 0.05) is 4.88 Å². The largest absolute Gasteiger partial charge is 0.348 e. The molecule has 0 aliphatic heterocycles. The summed E-state index contributed by atoms with van der Waals surface area (Å²) in [5.41, 5.74) is 3.42. The number of carbonyl (C=O) groups excluding carboxylic acids is 1. The molecule has 5 rings (SSSR count). The molecule has 0 bridgehead atoms. The van der Waals surface area contributed by atoms with E-state index in [1.54, 1.807) is 15.9 Å². The van der Waals surface area contributed by atoms with Gasteiger partial charge in [-0.2, -0.15) is 0 Å². The van der Waals surface area contributed by atoms with Crippen molar-refractivity contribution in [1.82, 2.24) is 24.5 Å². The fraction of sp³-hybridized carbons (Fsp3) is 0.200. The number of aryl methyl sites for hydroxylation is 1. The first-order valence-electron chi connectivity index (χ1n) is 10.9. The summed E-state index contributed by atoms with van der Waals surface area (Å²) in [6, 6.07) is 17.2. The third-order valence-electron chi connectivity index (χ3n) is 5.89. The van der Waals surface area contributed by atoms with E-state index < -0.39 is 0 Å². The van der Waals surface area contributed by atoms with Crippen LogP contribution in [0.4, 0.5) is 0 Å². The van der Waals surface area contributed by atoms with Gasteiger partial charge in [0.25, 0.3) is 5.56 Å². The molecule has 0 radical (unpaired) electrons. The van der Waals surface area contributed by atoms with Crippen LogP contribution in [0, 0.1) is 13.8 Å². The van der Waals surface area contributed by atoms with Crippen molar-refractivity contribution in [2.75, 3.05) is 5.75 Å². The predicted octanol–water partition coefficient (Wildman–Crippen LogP) is 4.68. The van der Waals surface area contributed by atoms with Crippen LogP contribution in [0.1, 0.15) is 29.0 Å². The molecule has 7 nitrogen and oxygen atoms in total. The van der Waals surface area contributed by atoms with Crippen LogP contribution < -0.4 is 10.9 Å². The van der Waals surface area contributed by atoms with Crippen molar-refractivity contribution in [3.63, 3.8) is 0 Å². The maximum absolute atomic E-state index is 13.5. The van der Waals surface area contributed by atoms with Gasteiger partial charge >= 0.3 is 0 Å². The van der Waals surface area contributed by atoms with Gasteiger partial charge in [0.2, 0.25) is 11.7 Å². The first kappa shape index (κ1) is 22.4. The Morgan fingerprint density at radius 1 is 1.09 bits per heavy atom. The SMILES string of the molecule is Cc1cccc(-n2c(=O)c3ccccc3n3c(SCC(=O)NC(C)c4cccs4)nnc23)c1C. The number of hydrogen-bond acceptors (Lipinski definition) is 6. The third-order valence-corrected chi connectivity index (χ3v) is 7.88. The number of para-hydroxylation sites is 1. The Hall–Kier alpha value is -3.43. The predicted molar refractivity (Wildman–Crippen MR) is 137 cm³/mol. The van der Waals surface area contributed by atoms with E-state index in [0.29, 0.717) is 21.8 Å². The fourth-order valence-electron chi connectivity index (χ4n) is 3.99. The number of rotatable bonds is 6. The summed E-state index contributed by atoms with van der Waals surface area (Å²) >= 11 is 2.92. The van der Waals surface area contributed by atoms with E-state index in [2.05, 4.69) is 15.5 Å². The van der Waals surface area contributed by atoms with Crippen molar-refractivity contribution < 1.29 is 4.79 Å². The Bertz CT molecular complexity index is 1570. The lowest BCUT2D eigenvalue weighted by Gasteiger charge is -2.14. The minimum atomic E-state index is -0.150. The van der Waals surface area contributed by atoms with Gasteiger partial charge in [0.1, 0.15) is 0 Å². The molecule has 2 aromatic carbocycles. The molecule has 0 aliphatic rings. The number of nitrogens with zero attached hydrogens (tertiary/aromatic N) is 4. The van der Waals surface area contributed by atoms with Crippen LogP contribution in [-0.4, -0.2) is 30.8 Å². The molecule has 0 saturated carbocycles. The maximum atomic E-state index is 13.5. The van der Waals surface area contributed by atoms with Gasteiger partial charge < -0.3 is 5.32 Å². The van der Waals surface area contributed by atoms with Crippen molar-refractivity contribution in [2.45, 2.75) is 32.0 Å². The summed E-state index contributed by atoms with van der Waals surface area (Å²) in [6.07, 6.45) is 0. The molecule has 0 fully saturated rings. The zero-order valence-corrected chi connectivity index (χ0v) is 20.6. The standard InChI is InChI=1S/C25H23N5O2S2/c1-15-8-6-11-19(16(15)2)29-23(32)18-9-4-5-10-20(18)30-24(29)27-28-25(30)34-14-22(31)26-17(3)21-12-7-13-33-21/h4-13,17H,14H2,1-3H3,(H,26,31). The lowest BCUT2D eigenvalue weighted by atomic mass is 10.1. The summed E-state index contributed by atoms with van der Waals surface area (Å²) < 4.78 is 3.47. The summed E-state index contributed by atoms with van der Waals surface area (Å²) in [5.74, 6) is 0.523. The Balaban J connectivity index is 1.56. The lowest BCUT2D eigenvalue weighted by molar-refractivity contribution is -0.119. The number of carbonyl (C=O) groups is 1. The Morgan fingerprint density at radius 3 is 2.71 bits per heavy atom. The molecule has 172 valence electrons. The first-order valence-corrected chi connectivity index (χ1v) is 12.7. The van der Waals surface area contributed by atoms with Gasteiger partial charge in [-0.25, -0.2) is 4.57 Å². The number of amides is 1. The highest BCUT2D eigenvalue weighted by Crippen LogP contribution is 2.25. The molecule has 1 unspecified atom stereocenters. The average Bonchev–Trinajstić information content (AvgIpc) is 3.51. The van der Waals surface area contributed by atoms with Crippen molar-refractivity contribution >= 4 is 45.7 Å². The quantitative estimate of drug-likeness (QED) is 0.350.